The molecule has 0 unspecified atom stereocenters. The van der Waals surface area contributed by atoms with Gasteiger partial charge in [0.25, 0.3) is 10.0 Å². The zero-order chi connectivity index (χ0) is 17.5. The van der Waals surface area contributed by atoms with Crippen LogP contribution in [-0.4, -0.2) is 23.2 Å². The summed E-state index contributed by atoms with van der Waals surface area (Å²) in [5.41, 5.74) is 1.10. The van der Waals surface area contributed by atoms with Gasteiger partial charge in [0.1, 0.15) is 10.7 Å². The molecule has 24 heavy (non-hydrogen) atoms. The highest BCUT2D eigenvalue weighted by molar-refractivity contribution is 7.93. The molecular weight excluding hydrogens is 324 g/mol. The molecule has 7 heteroatoms. The van der Waals surface area contributed by atoms with Crippen molar-refractivity contribution in [2.75, 3.05) is 4.72 Å². The van der Waals surface area contributed by atoms with Crippen molar-refractivity contribution in [1.82, 2.24) is 14.8 Å². The van der Waals surface area contributed by atoms with Crippen molar-refractivity contribution in [2.45, 2.75) is 31.1 Å². The van der Waals surface area contributed by atoms with Gasteiger partial charge in [0.05, 0.1) is 11.2 Å². The van der Waals surface area contributed by atoms with Crippen LogP contribution in [0.5, 0.6) is 0 Å². The topological polar surface area (TPSA) is 76.9 Å². The molecule has 3 aromatic rings. The number of benzene rings is 1. The minimum absolute atomic E-state index is 0.152. The zero-order valence-corrected chi connectivity index (χ0v) is 14.9. The van der Waals surface area contributed by atoms with E-state index in [0.29, 0.717) is 11.3 Å². The largest absolute Gasteiger partial charge is 0.265 e. The number of rotatable bonds is 3. The lowest BCUT2D eigenvalue weighted by Crippen LogP contribution is -2.16. The van der Waals surface area contributed by atoms with Crippen LogP contribution < -0.4 is 4.72 Å². The second-order valence-electron chi connectivity index (χ2n) is 6.73. The molecule has 0 saturated carbocycles. The number of hydrogen-bond acceptors (Lipinski definition) is 4. The number of hydrogen-bond donors (Lipinski definition) is 1. The van der Waals surface area contributed by atoms with Crippen molar-refractivity contribution in [3.8, 4) is 0 Å². The summed E-state index contributed by atoms with van der Waals surface area (Å²) in [4.78, 5) is 4.37. The van der Waals surface area contributed by atoms with Crippen molar-refractivity contribution in [2.24, 2.45) is 7.05 Å². The maximum atomic E-state index is 12.8. The van der Waals surface area contributed by atoms with Gasteiger partial charge in [-0.1, -0.05) is 39.0 Å². The van der Waals surface area contributed by atoms with Crippen LogP contribution in [0, 0.1) is 0 Å². The minimum Gasteiger partial charge on any atom is -0.263 e. The van der Waals surface area contributed by atoms with Crippen LogP contribution in [0.1, 0.15) is 26.5 Å². The smallest absolute Gasteiger partial charge is 0.263 e. The van der Waals surface area contributed by atoms with Gasteiger partial charge in [0, 0.05) is 30.1 Å². The number of fused-ring (bicyclic) bond motifs is 1. The lowest BCUT2D eigenvalue weighted by atomic mass is 9.92. The maximum absolute atomic E-state index is 12.8. The summed E-state index contributed by atoms with van der Waals surface area (Å²) >= 11 is 0. The molecule has 0 aliphatic carbocycles. The van der Waals surface area contributed by atoms with E-state index in [4.69, 9.17) is 0 Å². The zero-order valence-electron chi connectivity index (χ0n) is 14.1. The Hall–Kier alpha value is -2.41. The molecule has 0 bridgehead atoms. The molecule has 2 heterocycles. The number of pyridine rings is 1. The fourth-order valence-electron chi connectivity index (χ4n) is 2.41. The van der Waals surface area contributed by atoms with Crippen LogP contribution in [0.2, 0.25) is 0 Å². The predicted molar refractivity (Wildman–Crippen MR) is 94.5 cm³/mol. The van der Waals surface area contributed by atoms with Gasteiger partial charge in [-0.25, -0.2) is 8.42 Å². The van der Waals surface area contributed by atoms with Crippen molar-refractivity contribution in [1.29, 1.82) is 0 Å². The summed E-state index contributed by atoms with van der Waals surface area (Å²) in [6.07, 6.45) is 1.59. The van der Waals surface area contributed by atoms with E-state index in [-0.39, 0.29) is 10.3 Å². The molecule has 6 nitrogen and oxygen atoms in total. The first-order chi connectivity index (χ1) is 11.2. The van der Waals surface area contributed by atoms with Gasteiger partial charge in [0.15, 0.2) is 0 Å². The first kappa shape index (κ1) is 16.4. The van der Waals surface area contributed by atoms with Crippen molar-refractivity contribution >= 4 is 26.7 Å². The molecule has 1 aromatic carbocycles. The highest BCUT2D eigenvalue weighted by Crippen LogP contribution is 2.26. The van der Waals surface area contributed by atoms with Crippen LogP contribution in [0.25, 0.3) is 10.9 Å². The summed E-state index contributed by atoms with van der Waals surface area (Å²) in [5, 5.41) is 5.17. The van der Waals surface area contributed by atoms with Gasteiger partial charge < -0.3 is 0 Å². The first-order valence-electron chi connectivity index (χ1n) is 7.59. The van der Waals surface area contributed by atoms with Crippen molar-refractivity contribution in [3.05, 3.63) is 48.3 Å². The fraction of sp³-hybridized carbons (Fsp3) is 0.294. The quantitative estimate of drug-likeness (QED) is 0.792. The average molecular weight is 344 g/mol. The third-order valence-corrected chi connectivity index (χ3v) is 5.16. The molecule has 1 N–H and O–H groups in total. The van der Waals surface area contributed by atoms with E-state index >= 15 is 0 Å². The van der Waals surface area contributed by atoms with Gasteiger partial charge in [-0.3, -0.25) is 14.4 Å². The molecule has 0 amide bonds. The molecule has 126 valence electrons. The van der Waals surface area contributed by atoms with Crippen LogP contribution in [0.15, 0.2) is 47.5 Å². The van der Waals surface area contributed by atoms with E-state index < -0.39 is 10.0 Å². The number of aryl methyl sites for hydroxylation is 1. The average Bonchev–Trinajstić information content (AvgIpc) is 2.87. The number of anilines is 1. The van der Waals surface area contributed by atoms with Crippen LogP contribution in [0.3, 0.4) is 0 Å². The molecule has 2 aromatic heterocycles. The Morgan fingerprint density at radius 3 is 2.50 bits per heavy atom. The van der Waals surface area contributed by atoms with E-state index in [1.807, 2.05) is 32.9 Å². The fourth-order valence-corrected chi connectivity index (χ4v) is 3.67. The highest BCUT2D eigenvalue weighted by atomic mass is 32.2. The summed E-state index contributed by atoms with van der Waals surface area (Å²) in [5.74, 6) is 0.424. The van der Waals surface area contributed by atoms with E-state index in [9.17, 15) is 8.42 Å². The second kappa shape index (κ2) is 5.59. The number of nitrogens with one attached hydrogen (secondary N) is 1. The molecule has 0 saturated heterocycles. The third kappa shape index (κ3) is 2.99. The van der Waals surface area contributed by atoms with Gasteiger partial charge in [0.2, 0.25) is 0 Å². The summed E-state index contributed by atoms with van der Waals surface area (Å²) in [6, 6.07) is 10.5. The summed E-state index contributed by atoms with van der Waals surface area (Å²) in [7, 11) is -2.05. The van der Waals surface area contributed by atoms with E-state index in [1.54, 1.807) is 37.5 Å². The Bertz CT molecular complexity index is 996. The number of sulfonamides is 1. The number of nitrogens with zero attached hydrogens (tertiary/aromatic N) is 3. The van der Waals surface area contributed by atoms with E-state index in [2.05, 4.69) is 14.8 Å². The Morgan fingerprint density at radius 2 is 1.83 bits per heavy atom. The molecule has 0 fully saturated rings. The predicted octanol–water partition coefficient (Wildman–Crippen LogP) is 3.07. The Morgan fingerprint density at radius 1 is 1.12 bits per heavy atom. The first-order valence-corrected chi connectivity index (χ1v) is 9.08. The summed E-state index contributed by atoms with van der Waals surface area (Å²) < 4.78 is 29.8. The highest BCUT2D eigenvalue weighted by Gasteiger charge is 2.23. The molecule has 0 aliphatic rings. The van der Waals surface area contributed by atoms with Crippen LogP contribution in [0.4, 0.5) is 5.82 Å². The van der Waals surface area contributed by atoms with Gasteiger partial charge in [-0.2, -0.15) is 5.10 Å². The van der Waals surface area contributed by atoms with Gasteiger partial charge >= 0.3 is 0 Å². The van der Waals surface area contributed by atoms with Crippen molar-refractivity contribution < 1.29 is 8.42 Å². The molecule has 3 rings (SSSR count). The Labute approximate surface area is 141 Å². The SMILES string of the molecule is Cn1nc(C(C)(C)C)cc1NS(=O)(=O)c1cccc2cccnc12. The molecule has 0 atom stereocenters. The number of para-hydroxylation sites is 1. The third-order valence-electron chi connectivity index (χ3n) is 3.77. The summed E-state index contributed by atoms with van der Waals surface area (Å²) in [6.45, 7) is 6.09. The van der Waals surface area contributed by atoms with Gasteiger partial charge in [-0.05, 0) is 12.1 Å². The molecule has 0 spiro atoms. The molecule has 0 radical (unpaired) electrons. The second-order valence-corrected chi connectivity index (χ2v) is 8.38. The number of aromatic nitrogens is 3. The van der Waals surface area contributed by atoms with Crippen LogP contribution >= 0.6 is 0 Å². The van der Waals surface area contributed by atoms with E-state index in [0.717, 1.165) is 11.1 Å². The molecule has 0 aliphatic heterocycles. The van der Waals surface area contributed by atoms with Gasteiger partial charge in [-0.15, -0.1) is 0 Å². The lowest BCUT2D eigenvalue weighted by molar-refractivity contribution is 0.553. The van der Waals surface area contributed by atoms with E-state index in [1.165, 1.54) is 4.68 Å². The monoisotopic (exact) mass is 344 g/mol. The minimum atomic E-state index is -3.77. The Balaban J connectivity index is 2.05. The normalized spacial score (nSPS) is 12.5. The van der Waals surface area contributed by atoms with Crippen LogP contribution in [-0.2, 0) is 22.5 Å². The standard InChI is InChI=1S/C17H20N4O2S/c1-17(2,3)14-11-15(21(4)19-14)20-24(22,23)13-9-5-7-12-8-6-10-18-16(12)13/h5-11,20H,1-4H3. The molecular formula is C17H20N4O2S. The Kier molecular flexibility index (Phi) is 3.83. The van der Waals surface area contributed by atoms with Crippen molar-refractivity contribution in [3.63, 3.8) is 0 Å². The lowest BCUT2D eigenvalue weighted by Gasteiger charge is -2.13. The maximum Gasteiger partial charge on any atom is 0.265 e.